The van der Waals surface area contributed by atoms with Gasteiger partial charge in [-0.05, 0) is 24.6 Å². The monoisotopic (exact) mass is 360 g/mol. The van der Waals surface area contributed by atoms with Crippen LogP contribution in [0, 0.1) is 6.92 Å². The summed E-state index contributed by atoms with van der Waals surface area (Å²) in [5.74, 6) is -0.411. The lowest BCUT2D eigenvalue weighted by molar-refractivity contribution is -0.275. The standard InChI is InChI=1S/C15H12BrF3O2/c1-9-6-7-12(16)11(8-9)14(20)10-4-2-3-5-13(10)21-15(17,18)19/h2-8,14,20H,1H3. The zero-order valence-corrected chi connectivity index (χ0v) is 12.6. The third-order valence-electron chi connectivity index (χ3n) is 2.89. The summed E-state index contributed by atoms with van der Waals surface area (Å²) in [6, 6.07) is 10.8. The summed E-state index contributed by atoms with van der Waals surface area (Å²) in [5.41, 5.74) is 1.43. The van der Waals surface area contributed by atoms with Gasteiger partial charge in [-0.3, -0.25) is 0 Å². The van der Waals surface area contributed by atoms with E-state index in [0.717, 1.165) is 5.56 Å². The summed E-state index contributed by atoms with van der Waals surface area (Å²) in [4.78, 5) is 0. The number of aliphatic hydroxyl groups is 1. The molecule has 0 radical (unpaired) electrons. The normalized spacial score (nSPS) is 13.0. The molecule has 2 nitrogen and oxygen atoms in total. The number of para-hydroxylation sites is 1. The van der Waals surface area contributed by atoms with Crippen LogP contribution in [0.15, 0.2) is 46.9 Å². The van der Waals surface area contributed by atoms with Gasteiger partial charge in [-0.2, -0.15) is 0 Å². The van der Waals surface area contributed by atoms with Crippen molar-refractivity contribution < 1.29 is 23.0 Å². The summed E-state index contributed by atoms with van der Waals surface area (Å²) < 4.78 is 41.8. The van der Waals surface area contributed by atoms with Crippen molar-refractivity contribution in [3.8, 4) is 5.75 Å². The molecule has 0 spiro atoms. The van der Waals surface area contributed by atoms with Crippen LogP contribution in [0.25, 0.3) is 0 Å². The number of hydrogen-bond donors (Lipinski definition) is 1. The summed E-state index contributed by atoms with van der Waals surface area (Å²) in [7, 11) is 0. The lowest BCUT2D eigenvalue weighted by atomic mass is 9.99. The zero-order chi connectivity index (χ0) is 15.6. The molecule has 2 rings (SSSR count). The van der Waals surface area contributed by atoms with Crippen LogP contribution in [0.3, 0.4) is 0 Å². The smallest absolute Gasteiger partial charge is 0.405 e. The van der Waals surface area contributed by atoms with Gasteiger partial charge < -0.3 is 9.84 Å². The number of alkyl halides is 3. The second kappa shape index (κ2) is 6.07. The van der Waals surface area contributed by atoms with Gasteiger partial charge in [0.15, 0.2) is 0 Å². The van der Waals surface area contributed by atoms with E-state index in [2.05, 4.69) is 20.7 Å². The molecule has 2 aromatic carbocycles. The molecule has 0 amide bonds. The SMILES string of the molecule is Cc1ccc(Br)c(C(O)c2ccccc2OC(F)(F)F)c1. The first-order valence-electron chi connectivity index (χ1n) is 6.07. The Labute approximate surface area is 128 Å². The van der Waals surface area contributed by atoms with Crippen molar-refractivity contribution in [2.45, 2.75) is 19.4 Å². The highest BCUT2D eigenvalue weighted by atomic mass is 79.9. The Kier molecular flexibility index (Phi) is 4.58. The molecule has 0 aliphatic rings. The van der Waals surface area contributed by atoms with E-state index < -0.39 is 18.2 Å². The van der Waals surface area contributed by atoms with E-state index >= 15 is 0 Å². The molecule has 0 fully saturated rings. The average Bonchev–Trinajstić information content (AvgIpc) is 2.39. The van der Waals surface area contributed by atoms with Gasteiger partial charge in [-0.1, -0.05) is 51.8 Å². The predicted octanol–water partition coefficient (Wildman–Crippen LogP) is 4.74. The number of aliphatic hydroxyl groups excluding tert-OH is 1. The van der Waals surface area contributed by atoms with Crippen LogP contribution in [0.2, 0.25) is 0 Å². The summed E-state index contributed by atoms with van der Waals surface area (Å²) in [5, 5.41) is 10.4. The third-order valence-corrected chi connectivity index (χ3v) is 3.61. The molecule has 0 saturated heterocycles. The van der Waals surface area contributed by atoms with E-state index in [0.29, 0.717) is 10.0 Å². The van der Waals surface area contributed by atoms with Gasteiger partial charge in [0, 0.05) is 10.0 Å². The van der Waals surface area contributed by atoms with Gasteiger partial charge >= 0.3 is 6.36 Å². The van der Waals surface area contributed by atoms with Gasteiger partial charge in [0.25, 0.3) is 0 Å². The van der Waals surface area contributed by atoms with Crippen LogP contribution in [-0.4, -0.2) is 11.5 Å². The molecule has 0 aliphatic heterocycles. The summed E-state index contributed by atoms with van der Waals surface area (Å²) >= 11 is 3.29. The van der Waals surface area contributed by atoms with Crippen LogP contribution in [0.1, 0.15) is 22.8 Å². The lowest BCUT2D eigenvalue weighted by Crippen LogP contribution is -2.19. The highest BCUT2D eigenvalue weighted by Crippen LogP contribution is 2.36. The number of rotatable bonds is 3. The Bertz CT molecular complexity index is 641. The third kappa shape index (κ3) is 3.98. The molecule has 112 valence electrons. The highest BCUT2D eigenvalue weighted by Gasteiger charge is 2.33. The molecule has 6 heteroatoms. The maximum absolute atomic E-state index is 12.4. The first-order chi connectivity index (χ1) is 9.78. The minimum atomic E-state index is -4.81. The Morgan fingerprint density at radius 2 is 1.76 bits per heavy atom. The number of aryl methyl sites for hydroxylation is 1. The fourth-order valence-corrected chi connectivity index (χ4v) is 2.43. The van der Waals surface area contributed by atoms with Crippen molar-refractivity contribution in [3.63, 3.8) is 0 Å². The van der Waals surface area contributed by atoms with Crippen LogP contribution in [-0.2, 0) is 0 Å². The van der Waals surface area contributed by atoms with E-state index in [4.69, 9.17) is 0 Å². The van der Waals surface area contributed by atoms with E-state index in [9.17, 15) is 18.3 Å². The minimum absolute atomic E-state index is 0.0566. The Morgan fingerprint density at radius 3 is 2.43 bits per heavy atom. The number of benzene rings is 2. The maximum atomic E-state index is 12.4. The van der Waals surface area contributed by atoms with Gasteiger partial charge in [0.1, 0.15) is 11.9 Å². The molecular weight excluding hydrogens is 349 g/mol. The topological polar surface area (TPSA) is 29.5 Å². The molecule has 1 unspecified atom stereocenters. The molecule has 0 saturated carbocycles. The molecular formula is C15H12BrF3O2. The Morgan fingerprint density at radius 1 is 1.10 bits per heavy atom. The number of halogens is 4. The van der Waals surface area contributed by atoms with Gasteiger partial charge in [-0.15, -0.1) is 13.2 Å². The fourth-order valence-electron chi connectivity index (χ4n) is 1.96. The van der Waals surface area contributed by atoms with Crippen molar-refractivity contribution in [3.05, 3.63) is 63.6 Å². The van der Waals surface area contributed by atoms with E-state index in [-0.39, 0.29) is 5.56 Å². The molecule has 0 heterocycles. The zero-order valence-electron chi connectivity index (χ0n) is 11.0. The minimum Gasteiger partial charge on any atom is -0.405 e. The van der Waals surface area contributed by atoms with Crippen molar-refractivity contribution >= 4 is 15.9 Å². The van der Waals surface area contributed by atoms with E-state index in [1.165, 1.54) is 18.2 Å². The molecule has 2 aromatic rings. The Hall–Kier alpha value is -1.53. The van der Waals surface area contributed by atoms with E-state index in [1.807, 2.05) is 13.0 Å². The van der Waals surface area contributed by atoms with Gasteiger partial charge in [0.05, 0.1) is 0 Å². The van der Waals surface area contributed by atoms with Crippen LogP contribution in [0.5, 0.6) is 5.75 Å². The second-order valence-electron chi connectivity index (χ2n) is 4.51. The van der Waals surface area contributed by atoms with Crippen LogP contribution >= 0.6 is 15.9 Å². The Balaban J connectivity index is 2.44. The fraction of sp³-hybridized carbons (Fsp3) is 0.200. The molecule has 1 atom stereocenters. The second-order valence-corrected chi connectivity index (χ2v) is 5.37. The maximum Gasteiger partial charge on any atom is 0.573 e. The first kappa shape index (κ1) is 15.9. The predicted molar refractivity (Wildman–Crippen MR) is 76.1 cm³/mol. The molecule has 0 aromatic heterocycles. The van der Waals surface area contributed by atoms with Crippen LogP contribution < -0.4 is 4.74 Å². The van der Waals surface area contributed by atoms with Crippen molar-refractivity contribution in [2.24, 2.45) is 0 Å². The van der Waals surface area contributed by atoms with Gasteiger partial charge in [0.2, 0.25) is 0 Å². The average molecular weight is 361 g/mol. The van der Waals surface area contributed by atoms with Crippen molar-refractivity contribution in [1.82, 2.24) is 0 Å². The molecule has 0 aliphatic carbocycles. The largest absolute Gasteiger partial charge is 0.573 e. The van der Waals surface area contributed by atoms with Crippen LogP contribution in [0.4, 0.5) is 13.2 Å². The quantitative estimate of drug-likeness (QED) is 0.856. The lowest BCUT2D eigenvalue weighted by Gasteiger charge is -2.18. The molecule has 1 N–H and O–H groups in total. The number of ether oxygens (including phenoxy) is 1. The number of hydrogen-bond acceptors (Lipinski definition) is 2. The van der Waals surface area contributed by atoms with Gasteiger partial charge in [-0.25, -0.2) is 0 Å². The van der Waals surface area contributed by atoms with E-state index in [1.54, 1.807) is 18.2 Å². The molecule has 0 bridgehead atoms. The summed E-state index contributed by atoms with van der Waals surface area (Å²) in [6.45, 7) is 1.83. The van der Waals surface area contributed by atoms with Crippen molar-refractivity contribution in [2.75, 3.05) is 0 Å². The highest BCUT2D eigenvalue weighted by molar-refractivity contribution is 9.10. The summed E-state index contributed by atoms with van der Waals surface area (Å²) in [6.07, 6.45) is -6.03. The molecule has 21 heavy (non-hydrogen) atoms. The van der Waals surface area contributed by atoms with Crippen molar-refractivity contribution in [1.29, 1.82) is 0 Å². The first-order valence-corrected chi connectivity index (χ1v) is 6.86.